The molecule has 1 atom stereocenters. The summed E-state index contributed by atoms with van der Waals surface area (Å²) < 4.78 is 70.2. The lowest BCUT2D eigenvalue weighted by Gasteiger charge is -2.52. The molecule has 204 valence electrons. The normalized spacial score (nSPS) is 22.7. The van der Waals surface area contributed by atoms with Gasteiger partial charge in [0.05, 0.1) is 11.2 Å². The molecule has 2 fully saturated rings. The molecular formula is C24H31ClF3N5O3S. The second-order valence-corrected chi connectivity index (χ2v) is 12.3. The number of benzene rings is 1. The SMILES string of the molecule is CC1CN(C2(CCC(=O)c3ccc(CF)cc3Cl)CCC(F)(F)CC2)CCN1S(=O)(=O)c1cn(C)nn1. The molecule has 1 aromatic heterocycles. The molecule has 0 bridgehead atoms. The number of carbonyl (C=O) groups is 1. The van der Waals surface area contributed by atoms with Crippen LogP contribution in [0.3, 0.4) is 0 Å². The predicted octanol–water partition coefficient (Wildman–Crippen LogP) is 4.24. The van der Waals surface area contributed by atoms with E-state index in [-0.39, 0.29) is 60.0 Å². The zero-order valence-corrected chi connectivity index (χ0v) is 22.4. The Morgan fingerprint density at radius 1 is 1.19 bits per heavy atom. The Hall–Kier alpha value is -2.02. The standard InChI is InChI=1S/C24H31ClF3N5O3S/c1-17-15-32(11-12-33(17)37(35,36)22-16-31(2)30-29-22)23(7-9-24(27,28)10-8-23)6-5-21(34)19-4-3-18(14-26)13-20(19)25/h3-4,13,16-17H,5-12,14-15H2,1-2H3. The minimum absolute atomic E-state index is 0.0900. The molecule has 1 saturated carbocycles. The molecule has 8 nitrogen and oxygen atoms in total. The summed E-state index contributed by atoms with van der Waals surface area (Å²) in [6.07, 6.45) is 1.59. The minimum Gasteiger partial charge on any atom is -0.295 e. The molecule has 1 unspecified atom stereocenters. The van der Waals surface area contributed by atoms with Crippen LogP contribution in [0.15, 0.2) is 29.4 Å². The fourth-order valence-corrected chi connectivity index (χ4v) is 7.28. The van der Waals surface area contributed by atoms with Crippen LogP contribution in [0.2, 0.25) is 5.02 Å². The van der Waals surface area contributed by atoms with Crippen LogP contribution < -0.4 is 0 Å². The maximum absolute atomic E-state index is 14.2. The highest BCUT2D eigenvalue weighted by molar-refractivity contribution is 7.89. The maximum Gasteiger partial charge on any atom is 0.264 e. The highest BCUT2D eigenvalue weighted by Crippen LogP contribution is 2.45. The number of aryl methyl sites for hydroxylation is 1. The molecule has 2 aromatic rings. The molecule has 0 amide bonds. The number of rotatable bonds is 8. The molecular weight excluding hydrogens is 531 g/mol. The van der Waals surface area contributed by atoms with Crippen molar-refractivity contribution < 1.29 is 26.4 Å². The van der Waals surface area contributed by atoms with E-state index in [2.05, 4.69) is 15.2 Å². The number of Topliss-reactive ketones (excluding diaryl/α,β-unsaturated/α-hetero) is 1. The third kappa shape index (κ3) is 5.86. The number of aromatic nitrogens is 3. The first-order chi connectivity index (χ1) is 17.4. The van der Waals surface area contributed by atoms with Crippen LogP contribution in [0.1, 0.15) is 61.4 Å². The molecule has 0 radical (unpaired) electrons. The van der Waals surface area contributed by atoms with Crippen LogP contribution in [-0.4, -0.2) is 75.5 Å². The summed E-state index contributed by atoms with van der Waals surface area (Å²) in [5.41, 5.74) is -0.0152. The second-order valence-electron chi connectivity index (χ2n) is 10.1. The van der Waals surface area contributed by atoms with Gasteiger partial charge in [-0.05, 0) is 43.9 Å². The van der Waals surface area contributed by atoms with E-state index >= 15 is 0 Å². The van der Waals surface area contributed by atoms with Gasteiger partial charge in [0, 0.05) is 63.1 Å². The summed E-state index contributed by atoms with van der Waals surface area (Å²) >= 11 is 6.20. The molecule has 1 aliphatic carbocycles. The van der Waals surface area contributed by atoms with Gasteiger partial charge in [-0.25, -0.2) is 21.6 Å². The average molecular weight is 562 g/mol. The van der Waals surface area contributed by atoms with Crippen LogP contribution >= 0.6 is 11.6 Å². The lowest BCUT2D eigenvalue weighted by molar-refractivity contribution is -0.0925. The van der Waals surface area contributed by atoms with Crippen LogP contribution in [0.25, 0.3) is 0 Å². The summed E-state index contributed by atoms with van der Waals surface area (Å²) in [4.78, 5) is 15.1. The van der Waals surface area contributed by atoms with E-state index in [0.717, 1.165) is 0 Å². The van der Waals surface area contributed by atoms with Gasteiger partial charge in [0.2, 0.25) is 10.9 Å². The van der Waals surface area contributed by atoms with Crippen molar-refractivity contribution in [2.45, 2.75) is 74.7 Å². The quantitative estimate of drug-likeness (QED) is 0.448. The van der Waals surface area contributed by atoms with E-state index in [1.807, 2.05) is 0 Å². The Morgan fingerprint density at radius 3 is 2.46 bits per heavy atom. The second kappa shape index (κ2) is 10.6. The van der Waals surface area contributed by atoms with Gasteiger partial charge in [0.25, 0.3) is 10.0 Å². The number of piperazine rings is 1. The van der Waals surface area contributed by atoms with E-state index in [9.17, 15) is 26.4 Å². The predicted molar refractivity (Wildman–Crippen MR) is 132 cm³/mol. The number of hydrogen-bond donors (Lipinski definition) is 0. The van der Waals surface area contributed by atoms with E-state index in [4.69, 9.17) is 11.6 Å². The van der Waals surface area contributed by atoms with Crippen molar-refractivity contribution in [3.05, 3.63) is 40.5 Å². The van der Waals surface area contributed by atoms with Crippen molar-refractivity contribution in [1.29, 1.82) is 0 Å². The molecule has 0 N–H and O–H groups in total. The summed E-state index contributed by atoms with van der Waals surface area (Å²) in [7, 11) is -2.28. The third-order valence-corrected chi connectivity index (χ3v) is 9.80. The van der Waals surface area contributed by atoms with Crippen LogP contribution in [-0.2, 0) is 23.7 Å². The van der Waals surface area contributed by atoms with Crippen molar-refractivity contribution in [2.24, 2.45) is 7.05 Å². The van der Waals surface area contributed by atoms with Gasteiger partial charge in [0.1, 0.15) is 6.67 Å². The minimum atomic E-state index is -3.86. The number of hydrogen-bond acceptors (Lipinski definition) is 6. The highest BCUT2D eigenvalue weighted by Gasteiger charge is 2.49. The van der Waals surface area contributed by atoms with Crippen LogP contribution in [0, 0.1) is 0 Å². The van der Waals surface area contributed by atoms with Crippen molar-refractivity contribution in [1.82, 2.24) is 24.2 Å². The van der Waals surface area contributed by atoms with Gasteiger partial charge in [-0.3, -0.25) is 14.4 Å². The molecule has 1 aliphatic heterocycles. The zero-order valence-electron chi connectivity index (χ0n) is 20.8. The Kier molecular flexibility index (Phi) is 8.04. The fraction of sp³-hybridized carbons (Fsp3) is 0.625. The first-order valence-corrected chi connectivity index (χ1v) is 14.1. The van der Waals surface area contributed by atoms with Gasteiger partial charge in [-0.2, -0.15) is 4.31 Å². The topological polar surface area (TPSA) is 88.4 Å². The van der Waals surface area contributed by atoms with E-state index in [0.29, 0.717) is 25.1 Å². The largest absolute Gasteiger partial charge is 0.295 e. The van der Waals surface area contributed by atoms with Crippen molar-refractivity contribution in [3.63, 3.8) is 0 Å². The first kappa shape index (κ1) is 28.0. The zero-order chi connectivity index (χ0) is 27.0. The fourth-order valence-electron chi connectivity index (χ4n) is 5.45. The summed E-state index contributed by atoms with van der Waals surface area (Å²) in [6, 6.07) is 4.00. The van der Waals surface area contributed by atoms with Crippen molar-refractivity contribution in [2.75, 3.05) is 19.6 Å². The maximum atomic E-state index is 14.2. The number of halogens is 4. The Labute approximate surface area is 219 Å². The molecule has 1 saturated heterocycles. The van der Waals surface area contributed by atoms with Gasteiger partial charge in [-0.1, -0.05) is 22.9 Å². The highest BCUT2D eigenvalue weighted by atomic mass is 35.5. The molecule has 4 rings (SSSR count). The third-order valence-electron chi connectivity index (χ3n) is 7.61. The smallest absolute Gasteiger partial charge is 0.264 e. The van der Waals surface area contributed by atoms with Gasteiger partial charge in [-0.15, -0.1) is 5.10 Å². The van der Waals surface area contributed by atoms with Gasteiger partial charge in [0.15, 0.2) is 5.78 Å². The Bertz CT molecular complexity index is 1250. The summed E-state index contributed by atoms with van der Waals surface area (Å²) in [6.45, 7) is 1.94. The van der Waals surface area contributed by atoms with Crippen LogP contribution in [0.4, 0.5) is 13.2 Å². The van der Waals surface area contributed by atoms with E-state index in [1.54, 1.807) is 14.0 Å². The molecule has 13 heteroatoms. The number of nitrogens with zero attached hydrogens (tertiary/aromatic N) is 5. The average Bonchev–Trinajstić information content (AvgIpc) is 3.30. The summed E-state index contributed by atoms with van der Waals surface area (Å²) in [5, 5.41) is 7.50. The number of alkyl halides is 3. The van der Waals surface area contributed by atoms with Crippen LogP contribution in [0.5, 0.6) is 0 Å². The molecule has 0 spiro atoms. The van der Waals surface area contributed by atoms with Crippen molar-refractivity contribution in [3.8, 4) is 0 Å². The van der Waals surface area contributed by atoms with E-state index in [1.165, 1.54) is 33.4 Å². The van der Waals surface area contributed by atoms with Gasteiger partial charge >= 0.3 is 0 Å². The molecule has 2 aliphatic rings. The monoisotopic (exact) mass is 561 g/mol. The Balaban J connectivity index is 1.51. The Morgan fingerprint density at radius 2 is 1.89 bits per heavy atom. The van der Waals surface area contributed by atoms with E-state index < -0.39 is 34.2 Å². The molecule has 1 aromatic carbocycles. The van der Waals surface area contributed by atoms with Gasteiger partial charge < -0.3 is 0 Å². The molecule has 2 heterocycles. The lowest BCUT2D eigenvalue weighted by Crippen LogP contribution is -2.62. The number of carbonyl (C=O) groups excluding carboxylic acids is 1. The number of sulfonamides is 1. The molecule has 37 heavy (non-hydrogen) atoms. The summed E-state index contributed by atoms with van der Waals surface area (Å²) in [5.74, 6) is -2.99. The number of ketones is 1. The first-order valence-electron chi connectivity index (χ1n) is 12.3. The lowest BCUT2D eigenvalue weighted by atomic mass is 9.74. The van der Waals surface area contributed by atoms with Crippen molar-refractivity contribution >= 4 is 27.4 Å².